The number of hydrogen-bond acceptors (Lipinski definition) is 2. The summed E-state index contributed by atoms with van der Waals surface area (Å²) >= 11 is 3.41. The quantitative estimate of drug-likeness (QED) is 0.873. The van der Waals surface area contributed by atoms with Crippen molar-refractivity contribution in [1.29, 1.82) is 0 Å². The fourth-order valence-electron chi connectivity index (χ4n) is 2.37. The van der Waals surface area contributed by atoms with Gasteiger partial charge in [-0.05, 0) is 60.8 Å². The van der Waals surface area contributed by atoms with Crippen LogP contribution in [0.25, 0.3) is 0 Å². The maximum absolute atomic E-state index is 12.0. The second-order valence-electron chi connectivity index (χ2n) is 4.73. The number of carbonyl (C=O) groups is 1. The molecular weight excluding hydrogens is 294 g/mol. The zero-order valence-corrected chi connectivity index (χ0v) is 12.3. The monoisotopic (exact) mass is 313 g/mol. The molecule has 0 spiro atoms. The van der Waals surface area contributed by atoms with Gasteiger partial charge in [0.15, 0.2) is 0 Å². The highest BCUT2D eigenvalue weighted by Gasteiger charge is 2.15. The molecular formula is C13H20BrN3O. The molecule has 1 unspecified atom stereocenters. The summed E-state index contributed by atoms with van der Waals surface area (Å²) in [5.74, 6) is 0.739. The molecule has 1 aliphatic rings. The lowest BCUT2D eigenvalue weighted by Crippen LogP contribution is -2.28. The molecule has 18 heavy (non-hydrogen) atoms. The van der Waals surface area contributed by atoms with E-state index in [4.69, 9.17) is 0 Å². The zero-order valence-electron chi connectivity index (χ0n) is 10.7. The maximum Gasteiger partial charge on any atom is 0.267 e. The Morgan fingerprint density at radius 3 is 3.17 bits per heavy atom. The van der Waals surface area contributed by atoms with Crippen molar-refractivity contribution in [2.24, 2.45) is 5.92 Å². The van der Waals surface area contributed by atoms with Gasteiger partial charge in [-0.25, -0.2) is 0 Å². The average Bonchev–Trinajstić information content (AvgIpc) is 2.98. The van der Waals surface area contributed by atoms with Gasteiger partial charge >= 0.3 is 0 Å². The Morgan fingerprint density at radius 2 is 2.50 bits per heavy atom. The molecule has 100 valence electrons. The molecule has 1 aromatic rings. The minimum atomic E-state index is 0.0218. The Balaban J connectivity index is 1.83. The van der Waals surface area contributed by atoms with Gasteiger partial charge in [0.05, 0.1) is 0 Å². The van der Waals surface area contributed by atoms with E-state index in [-0.39, 0.29) is 5.91 Å². The van der Waals surface area contributed by atoms with Gasteiger partial charge in [-0.2, -0.15) is 0 Å². The number of halogens is 1. The third-order valence-electron chi connectivity index (χ3n) is 3.44. The lowest BCUT2D eigenvalue weighted by Gasteiger charge is -2.10. The number of nitrogens with zero attached hydrogens (tertiary/aromatic N) is 1. The molecule has 1 aromatic heterocycles. The molecule has 4 nitrogen and oxygen atoms in total. The summed E-state index contributed by atoms with van der Waals surface area (Å²) in [4.78, 5) is 12.0. The summed E-state index contributed by atoms with van der Waals surface area (Å²) in [6.07, 6.45) is 4.23. The highest BCUT2D eigenvalue weighted by molar-refractivity contribution is 9.10. The van der Waals surface area contributed by atoms with Crippen molar-refractivity contribution in [3.8, 4) is 0 Å². The van der Waals surface area contributed by atoms with Gasteiger partial charge in [-0.3, -0.25) is 4.79 Å². The smallest absolute Gasteiger partial charge is 0.267 e. The highest BCUT2D eigenvalue weighted by Crippen LogP contribution is 2.15. The van der Waals surface area contributed by atoms with Crippen LogP contribution in [0.2, 0.25) is 0 Å². The molecule has 2 heterocycles. The summed E-state index contributed by atoms with van der Waals surface area (Å²) in [6, 6.07) is 1.87. The van der Waals surface area contributed by atoms with Crippen molar-refractivity contribution < 1.29 is 4.79 Å². The van der Waals surface area contributed by atoms with Crippen molar-refractivity contribution >= 4 is 21.8 Å². The van der Waals surface area contributed by atoms with E-state index in [1.54, 1.807) is 0 Å². The van der Waals surface area contributed by atoms with E-state index in [0.29, 0.717) is 0 Å². The zero-order chi connectivity index (χ0) is 13.0. The van der Waals surface area contributed by atoms with Crippen LogP contribution in [0.15, 0.2) is 16.7 Å². The van der Waals surface area contributed by atoms with Gasteiger partial charge in [-0.15, -0.1) is 0 Å². The van der Waals surface area contributed by atoms with E-state index in [0.717, 1.165) is 48.7 Å². The largest absolute Gasteiger partial charge is 0.351 e. The van der Waals surface area contributed by atoms with E-state index in [1.165, 1.54) is 6.42 Å². The number of aromatic nitrogens is 1. The fraction of sp³-hybridized carbons (Fsp3) is 0.615. The minimum Gasteiger partial charge on any atom is -0.351 e. The molecule has 0 aliphatic carbocycles. The molecule has 0 aromatic carbocycles. The van der Waals surface area contributed by atoms with Gasteiger partial charge in [-0.1, -0.05) is 0 Å². The Kier molecular flexibility index (Phi) is 4.83. The second kappa shape index (κ2) is 6.38. The van der Waals surface area contributed by atoms with Crippen LogP contribution in [0.1, 0.15) is 30.3 Å². The van der Waals surface area contributed by atoms with Gasteiger partial charge < -0.3 is 15.2 Å². The van der Waals surface area contributed by atoms with E-state index < -0.39 is 0 Å². The summed E-state index contributed by atoms with van der Waals surface area (Å²) < 4.78 is 2.91. The summed E-state index contributed by atoms with van der Waals surface area (Å²) in [7, 11) is 0. The number of nitrogens with one attached hydrogen (secondary N) is 2. The first kappa shape index (κ1) is 13.6. The van der Waals surface area contributed by atoms with Gasteiger partial charge in [0.2, 0.25) is 0 Å². The van der Waals surface area contributed by atoms with Crippen LogP contribution in [0.5, 0.6) is 0 Å². The Labute approximate surface area is 116 Å². The summed E-state index contributed by atoms with van der Waals surface area (Å²) in [6.45, 7) is 5.81. The third-order valence-corrected chi connectivity index (χ3v) is 3.87. The molecule has 1 atom stereocenters. The SMILES string of the molecule is CCn1cc(Br)cc1C(=O)NCCC1CCNC1. The first-order valence-electron chi connectivity index (χ1n) is 6.55. The van der Waals surface area contributed by atoms with Crippen LogP contribution in [0, 0.1) is 5.92 Å². The van der Waals surface area contributed by atoms with Crippen LogP contribution in [0.3, 0.4) is 0 Å². The van der Waals surface area contributed by atoms with Crippen LogP contribution >= 0.6 is 15.9 Å². The normalized spacial score (nSPS) is 19.1. The average molecular weight is 314 g/mol. The number of hydrogen-bond donors (Lipinski definition) is 2. The van der Waals surface area contributed by atoms with Crippen LogP contribution in [0.4, 0.5) is 0 Å². The van der Waals surface area contributed by atoms with Gasteiger partial charge in [0.25, 0.3) is 5.91 Å². The Morgan fingerprint density at radius 1 is 1.67 bits per heavy atom. The lowest BCUT2D eigenvalue weighted by molar-refractivity contribution is 0.0942. The second-order valence-corrected chi connectivity index (χ2v) is 5.65. The number of aryl methyl sites for hydroxylation is 1. The standard InChI is InChI=1S/C13H20BrN3O/c1-2-17-9-11(14)7-12(17)13(18)16-6-4-10-3-5-15-8-10/h7,9-10,15H,2-6,8H2,1H3,(H,16,18). The molecule has 1 aliphatic heterocycles. The van der Waals surface area contributed by atoms with Crippen molar-refractivity contribution in [1.82, 2.24) is 15.2 Å². The molecule has 1 amide bonds. The summed E-state index contributed by atoms with van der Waals surface area (Å²) in [5, 5.41) is 6.35. The van der Waals surface area contributed by atoms with E-state index >= 15 is 0 Å². The molecule has 2 rings (SSSR count). The topological polar surface area (TPSA) is 46.1 Å². The number of amides is 1. The van der Waals surface area contributed by atoms with Gasteiger partial charge in [0.1, 0.15) is 5.69 Å². The first-order chi connectivity index (χ1) is 8.70. The van der Waals surface area contributed by atoms with Crippen LogP contribution in [-0.4, -0.2) is 30.1 Å². The van der Waals surface area contributed by atoms with E-state index in [9.17, 15) is 4.79 Å². The van der Waals surface area contributed by atoms with E-state index in [1.807, 2.05) is 23.8 Å². The van der Waals surface area contributed by atoms with Gasteiger partial charge in [0, 0.05) is 23.8 Å². The molecule has 2 N–H and O–H groups in total. The van der Waals surface area contributed by atoms with Crippen LogP contribution < -0.4 is 10.6 Å². The summed E-state index contributed by atoms with van der Waals surface area (Å²) in [5.41, 5.74) is 0.730. The Hall–Kier alpha value is -0.810. The molecule has 5 heteroatoms. The minimum absolute atomic E-state index is 0.0218. The molecule has 0 radical (unpaired) electrons. The highest BCUT2D eigenvalue weighted by atomic mass is 79.9. The fourth-order valence-corrected chi connectivity index (χ4v) is 2.83. The predicted molar refractivity (Wildman–Crippen MR) is 75.7 cm³/mol. The molecule has 1 fully saturated rings. The van der Waals surface area contributed by atoms with Crippen molar-refractivity contribution in [2.75, 3.05) is 19.6 Å². The first-order valence-corrected chi connectivity index (χ1v) is 7.34. The molecule has 0 bridgehead atoms. The van der Waals surface area contributed by atoms with Crippen LogP contribution in [-0.2, 0) is 6.54 Å². The lowest BCUT2D eigenvalue weighted by atomic mass is 10.1. The van der Waals surface area contributed by atoms with E-state index in [2.05, 4.69) is 26.6 Å². The maximum atomic E-state index is 12.0. The van der Waals surface area contributed by atoms with Crippen molar-refractivity contribution in [3.05, 3.63) is 22.4 Å². The Bertz CT molecular complexity index is 410. The number of rotatable bonds is 5. The van der Waals surface area contributed by atoms with Crippen molar-refractivity contribution in [3.63, 3.8) is 0 Å². The molecule has 0 saturated carbocycles. The molecule has 1 saturated heterocycles. The predicted octanol–water partition coefficient (Wildman–Crippen LogP) is 2.00. The number of carbonyl (C=O) groups excluding carboxylic acids is 1. The van der Waals surface area contributed by atoms with Crippen molar-refractivity contribution in [2.45, 2.75) is 26.3 Å². The third kappa shape index (κ3) is 3.36.